The number of nitrogens with one attached hydrogen (secondary N) is 1. The smallest absolute Gasteiger partial charge is 0.119 e. The van der Waals surface area contributed by atoms with Gasteiger partial charge in [0.25, 0.3) is 0 Å². The van der Waals surface area contributed by atoms with E-state index < -0.39 is 0 Å². The normalized spacial score (nSPS) is 9.74. The summed E-state index contributed by atoms with van der Waals surface area (Å²) in [5, 5.41) is 12.8. The van der Waals surface area contributed by atoms with Gasteiger partial charge in [-0.15, -0.1) is 0 Å². The number of nitrogens with zero attached hydrogens (tertiary/aromatic N) is 1. The number of nitriles is 1. The number of benzene rings is 2. The molecule has 0 spiro atoms. The summed E-state index contributed by atoms with van der Waals surface area (Å²) in [7, 11) is 0. The maximum absolute atomic E-state index is 9.07. The van der Waals surface area contributed by atoms with E-state index in [1.807, 2.05) is 31.2 Å². The molecular weight excluding hydrogens is 260 g/mol. The summed E-state index contributed by atoms with van der Waals surface area (Å²) in [4.78, 5) is 0. The van der Waals surface area contributed by atoms with Crippen LogP contribution in [-0.2, 0) is 0 Å². The predicted molar refractivity (Wildman–Crippen MR) is 77.1 cm³/mol. The second-order valence-corrected chi connectivity index (χ2v) is 4.32. The van der Waals surface area contributed by atoms with Gasteiger partial charge in [-0.25, -0.2) is 0 Å². The van der Waals surface area contributed by atoms with Crippen molar-refractivity contribution in [2.45, 2.75) is 6.92 Å². The summed E-state index contributed by atoms with van der Waals surface area (Å²) in [6, 6.07) is 14.9. The quantitative estimate of drug-likeness (QED) is 0.900. The zero-order valence-electron chi connectivity index (χ0n) is 10.5. The van der Waals surface area contributed by atoms with Crippen LogP contribution in [0.3, 0.4) is 0 Å². The Morgan fingerprint density at radius 2 is 1.95 bits per heavy atom. The Kier molecular flexibility index (Phi) is 4.27. The number of anilines is 2. The third kappa shape index (κ3) is 3.40. The zero-order valence-corrected chi connectivity index (χ0v) is 11.2. The van der Waals surface area contributed by atoms with E-state index in [0.29, 0.717) is 17.2 Å². The van der Waals surface area contributed by atoms with Crippen molar-refractivity contribution in [1.29, 1.82) is 5.26 Å². The Hall–Kier alpha value is -2.18. The monoisotopic (exact) mass is 272 g/mol. The van der Waals surface area contributed by atoms with Gasteiger partial charge in [0.1, 0.15) is 11.8 Å². The second kappa shape index (κ2) is 6.12. The molecule has 3 nitrogen and oxygen atoms in total. The van der Waals surface area contributed by atoms with Gasteiger partial charge in [0.05, 0.1) is 17.9 Å². The van der Waals surface area contributed by atoms with Crippen LogP contribution < -0.4 is 10.1 Å². The van der Waals surface area contributed by atoms with Crippen molar-refractivity contribution in [2.24, 2.45) is 0 Å². The molecule has 2 aromatic rings. The highest BCUT2D eigenvalue weighted by Gasteiger charge is 2.03. The number of hydrogen-bond donors (Lipinski definition) is 1. The predicted octanol–water partition coefficient (Wildman–Crippen LogP) is 4.35. The fraction of sp³-hybridized carbons (Fsp3) is 0.133. The van der Waals surface area contributed by atoms with E-state index in [1.165, 1.54) is 0 Å². The fourth-order valence-corrected chi connectivity index (χ4v) is 1.85. The van der Waals surface area contributed by atoms with Gasteiger partial charge in [-0.05, 0) is 49.4 Å². The van der Waals surface area contributed by atoms with Gasteiger partial charge in [-0.2, -0.15) is 5.26 Å². The molecule has 4 heteroatoms. The van der Waals surface area contributed by atoms with Gasteiger partial charge in [-0.3, -0.25) is 0 Å². The average Bonchev–Trinajstić information content (AvgIpc) is 2.43. The molecule has 2 aromatic carbocycles. The van der Waals surface area contributed by atoms with Crippen LogP contribution in [0.1, 0.15) is 12.5 Å². The highest BCUT2D eigenvalue weighted by molar-refractivity contribution is 6.30. The topological polar surface area (TPSA) is 45.0 Å². The average molecular weight is 273 g/mol. The van der Waals surface area contributed by atoms with Gasteiger partial charge < -0.3 is 10.1 Å². The Morgan fingerprint density at radius 3 is 2.58 bits per heavy atom. The van der Waals surface area contributed by atoms with Crippen LogP contribution in [0.4, 0.5) is 11.4 Å². The number of halogens is 1. The summed E-state index contributed by atoms with van der Waals surface area (Å²) in [6.07, 6.45) is 0. The molecule has 19 heavy (non-hydrogen) atoms. The molecule has 0 aromatic heterocycles. The molecule has 0 fully saturated rings. The third-order valence-corrected chi connectivity index (χ3v) is 2.78. The van der Waals surface area contributed by atoms with E-state index >= 15 is 0 Å². The molecule has 2 rings (SSSR count). The second-order valence-electron chi connectivity index (χ2n) is 3.88. The van der Waals surface area contributed by atoms with Gasteiger partial charge in [0.2, 0.25) is 0 Å². The summed E-state index contributed by atoms with van der Waals surface area (Å²) in [5.74, 6) is 0.824. The first kappa shape index (κ1) is 13.3. The first-order valence-corrected chi connectivity index (χ1v) is 6.30. The van der Waals surface area contributed by atoms with Crippen molar-refractivity contribution in [3.8, 4) is 11.8 Å². The number of hydrogen-bond acceptors (Lipinski definition) is 3. The summed E-state index contributed by atoms with van der Waals surface area (Å²) in [6.45, 7) is 2.58. The Morgan fingerprint density at radius 1 is 1.21 bits per heavy atom. The van der Waals surface area contributed by atoms with E-state index in [4.69, 9.17) is 21.6 Å². The molecule has 0 bridgehead atoms. The summed E-state index contributed by atoms with van der Waals surface area (Å²) < 4.78 is 5.37. The highest BCUT2D eigenvalue weighted by atomic mass is 35.5. The van der Waals surface area contributed by atoms with Crippen LogP contribution in [0.25, 0.3) is 0 Å². The summed E-state index contributed by atoms with van der Waals surface area (Å²) in [5.41, 5.74) is 2.14. The van der Waals surface area contributed by atoms with Crippen molar-refractivity contribution in [2.75, 3.05) is 11.9 Å². The molecule has 0 radical (unpaired) electrons. The minimum absolute atomic E-state index is 0.515. The molecule has 0 saturated carbocycles. The lowest BCUT2D eigenvalue weighted by atomic mass is 10.2. The highest BCUT2D eigenvalue weighted by Crippen LogP contribution is 2.25. The van der Waals surface area contributed by atoms with Gasteiger partial charge in [0.15, 0.2) is 0 Å². The van der Waals surface area contributed by atoms with Crippen molar-refractivity contribution < 1.29 is 4.74 Å². The lowest BCUT2D eigenvalue weighted by Crippen LogP contribution is -1.95. The van der Waals surface area contributed by atoms with E-state index in [-0.39, 0.29) is 0 Å². The Labute approximate surface area is 117 Å². The molecule has 0 saturated heterocycles. The first-order valence-electron chi connectivity index (χ1n) is 5.92. The van der Waals surface area contributed by atoms with Crippen molar-refractivity contribution >= 4 is 23.0 Å². The first-order chi connectivity index (χ1) is 9.22. The van der Waals surface area contributed by atoms with E-state index in [0.717, 1.165) is 17.1 Å². The van der Waals surface area contributed by atoms with Crippen LogP contribution in [0, 0.1) is 11.3 Å². The molecule has 0 aliphatic rings. The minimum atomic E-state index is 0.515. The number of rotatable bonds is 4. The number of ether oxygens (including phenoxy) is 1. The minimum Gasteiger partial charge on any atom is -0.494 e. The summed E-state index contributed by atoms with van der Waals surface area (Å²) >= 11 is 5.86. The fourth-order valence-electron chi connectivity index (χ4n) is 1.67. The van der Waals surface area contributed by atoms with Gasteiger partial charge >= 0.3 is 0 Å². The molecular formula is C15H13ClN2O. The lowest BCUT2D eigenvalue weighted by molar-refractivity contribution is 0.340. The standard InChI is InChI=1S/C15H13ClN2O/c1-2-19-14-6-4-13(5-7-14)18-15-8-3-12(16)9-11(15)10-17/h3-9,18H,2H2,1H3. The van der Waals surface area contributed by atoms with Crippen molar-refractivity contribution in [3.63, 3.8) is 0 Å². The largest absolute Gasteiger partial charge is 0.494 e. The molecule has 1 N–H and O–H groups in total. The molecule has 0 heterocycles. The Bertz CT molecular complexity index is 603. The van der Waals surface area contributed by atoms with E-state index in [9.17, 15) is 0 Å². The van der Waals surface area contributed by atoms with Crippen molar-refractivity contribution in [3.05, 3.63) is 53.1 Å². The Balaban J connectivity index is 2.19. The molecule has 96 valence electrons. The maximum atomic E-state index is 9.07. The van der Waals surface area contributed by atoms with Crippen LogP contribution in [-0.4, -0.2) is 6.61 Å². The lowest BCUT2D eigenvalue weighted by Gasteiger charge is -2.09. The molecule has 0 aliphatic heterocycles. The van der Waals surface area contributed by atoms with Crippen LogP contribution >= 0.6 is 11.6 Å². The van der Waals surface area contributed by atoms with Crippen LogP contribution in [0.5, 0.6) is 5.75 Å². The van der Waals surface area contributed by atoms with Crippen LogP contribution in [0.15, 0.2) is 42.5 Å². The van der Waals surface area contributed by atoms with E-state index in [2.05, 4.69) is 11.4 Å². The van der Waals surface area contributed by atoms with Gasteiger partial charge in [-0.1, -0.05) is 11.6 Å². The zero-order chi connectivity index (χ0) is 13.7. The van der Waals surface area contributed by atoms with Gasteiger partial charge in [0, 0.05) is 10.7 Å². The maximum Gasteiger partial charge on any atom is 0.119 e. The molecule has 0 amide bonds. The SMILES string of the molecule is CCOc1ccc(Nc2ccc(Cl)cc2C#N)cc1. The van der Waals surface area contributed by atoms with Crippen molar-refractivity contribution in [1.82, 2.24) is 0 Å². The molecule has 0 unspecified atom stereocenters. The third-order valence-electron chi connectivity index (χ3n) is 2.55. The van der Waals surface area contributed by atoms with Crippen LogP contribution in [0.2, 0.25) is 5.02 Å². The molecule has 0 atom stereocenters. The molecule has 0 aliphatic carbocycles. The van der Waals surface area contributed by atoms with E-state index in [1.54, 1.807) is 18.2 Å².